The van der Waals surface area contributed by atoms with Crippen molar-refractivity contribution in [3.8, 4) is 5.75 Å². The van der Waals surface area contributed by atoms with Crippen molar-refractivity contribution in [3.63, 3.8) is 0 Å². The van der Waals surface area contributed by atoms with E-state index in [4.69, 9.17) is 4.74 Å². The molecule has 2 atom stereocenters. The predicted molar refractivity (Wildman–Crippen MR) is 128 cm³/mol. The zero-order valence-electron chi connectivity index (χ0n) is 18.9. The summed E-state index contributed by atoms with van der Waals surface area (Å²) in [5.74, 6) is 1.62. The molecule has 8 heteroatoms. The molecule has 0 spiro atoms. The molecule has 0 unspecified atom stereocenters. The van der Waals surface area contributed by atoms with E-state index in [0.717, 1.165) is 46.8 Å². The van der Waals surface area contributed by atoms with Crippen LogP contribution < -0.4 is 15.5 Å². The van der Waals surface area contributed by atoms with Gasteiger partial charge in [-0.2, -0.15) is 0 Å². The van der Waals surface area contributed by atoms with Gasteiger partial charge in [0.15, 0.2) is 5.82 Å². The molecule has 0 fully saturated rings. The zero-order valence-corrected chi connectivity index (χ0v) is 19.7. The van der Waals surface area contributed by atoms with Crippen molar-refractivity contribution in [1.82, 2.24) is 14.9 Å². The van der Waals surface area contributed by atoms with Crippen molar-refractivity contribution in [1.29, 1.82) is 0 Å². The van der Waals surface area contributed by atoms with Gasteiger partial charge in [-0.15, -0.1) is 10.2 Å². The Morgan fingerprint density at radius 2 is 1.84 bits per heavy atom. The van der Waals surface area contributed by atoms with Crippen LogP contribution in [0.15, 0.2) is 47.6 Å². The molecule has 2 heterocycles. The average Bonchev–Trinajstić information content (AvgIpc) is 3.15. The lowest BCUT2D eigenvalue weighted by Crippen LogP contribution is -2.41. The van der Waals surface area contributed by atoms with Crippen LogP contribution in [-0.2, 0) is 11.2 Å². The van der Waals surface area contributed by atoms with Crippen molar-refractivity contribution in [2.75, 3.05) is 17.3 Å². The van der Waals surface area contributed by atoms with Crippen LogP contribution in [0.4, 0.5) is 5.69 Å². The number of hydrogen-bond acceptors (Lipinski definition) is 6. The SMILES string of the molecule is CCCc1nnc2n1N[C@H](c1ccc(OCC)cc1)[C@@H](C(=O)Nc1cc(C)cc(C)c1)S2. The molecule has 3 aromatic rings. The van der Waals surface area contributed by atoms with Crippen molar-refractivity contribution in [2.45, 2.75) is 57.0 Å². The second kappa shape index (κ2) is 9.65. The highest BCUT2D eigenvalue weighted by atomic mass is 32.2. The molecule has 0 radical (unpaired) electrons. The summed E-state index contributed by atoms with van der Waals surface area (Å²) in [6, 6.07) is 13.7. The molecule has 0 saturated heterocycles. The smallest absolute Gasteiger partial charge is 0.240 e. The first-order valence-corrected chi connectivity index (χ1v) is 11.9. The number of aromatic nitrogens is 3. The predicted octanol–water partition coefficient (Wildman–Crippen LogP) is 4.64. The number of fused-ring (bicyclic) bond motifs is 1. The van der Waals surface area contributed by atoms with Crippen LogP contribution in [0.2, 0.25) is 0 Å². The standard InChI is InChI=1S/C24H29N5O2S/c1-5-7-20-26-27-24-29(20)28-21(17-8-10-19(11-9-17)31-6-2)22(32-24)23(30)25-18-13-15(3)12-16(4)14-18/h8-14,21-22,28H,5-7H2,1-4H3,(H,25,30)/t21-,22+/m1/s1. The van der Waals surface area contributed by atoms with Crippen molar-refractivity contribution in [3.05, 3.63) is 65.0 Å². The molecule has 1 aromatic heterocycles. The number of anilines is 1. The van der Waals surface area contributed by atoms with Crippen molar-refractivity contribution in [2.24, 2.45) is 0 Å². The van der Waals surface area contributed by atoms with E-state index in [2.05, 4.69) is 33.9 Å². The number of carbonyl (C=O) groups excluding carboxylic acids is 1. The highest BCUT2D eigenvalue weighted by molar-refractivity contribution is 8.00. The third-order valence-electron chi connectivity index (χ3n) is 5.28. The molecule has 0 aliphatic carbocycles. The summed E-state index contributed by atoms with van der Waals surface area (Å²) in [4.78, 5) is 13.4. The van der Waals surface area contributed by atoms with Gasteiger partial charge in [-0.05, 0) is 68.1 Å². The lowest BCUT2D eigenvalue weighted by atomic mass is 10.0. The van der Waals surface area contributed by atoms with Crippen LogP contribution in [0.3, 0.4) is 0 Å². The second-order valence-electron chi connectivity index (χ2n) is 8.00. The maximum atomic E-state index is 13.4. The summed E-state index contributed by atoms with van der Waals surface area (Å²) < 4.78 is 7.52. The van der Waals surface area contributed by atoms with Gasteiger partial charge in [0.25, 0.3) is 0 Å². The van der Waals surface area contributed by atoms with Gasteiger partial charge >= 0.3 is 0 Å². The molecule has 4 rings (SSSR count). The van der Waals surface area contributed by atoms with E-state index in [9.17, 15) is 4.79 Å². The molecule has 7 nitrogen and oxygen atoms in total. The number of aryl methyl sites for hydroxylation is 3. The van der Waals surface area contributed by atoms with Gasteiger partial charge in [0.05, 0.1) is 12.6 Å². The fourth-order valence-electron chi connectivity index (χ4n) is 3.93. The van der Waals surface area contributed by atoms with Crippen LogP contribution in [0, 0.1) is 13.8 Å². The minimum atomic E-state index is -0.417. The average molecular weight is 452 g/mol. The Balaban J connectivity index is 1.65. The molecule has 2 aromatic carbocycles. The lowest BCUT2D eigenvalue weighted by molar-refractivity contribution is -0.116. The van der Waals surface area contributed by atoms with E-state index < -0.39 is 5.25 Å². The molecular formula is C24H29N5O2S. The second-order valence-corrected chi connectivity index (χ2v) is 9.11. The quantitative estimate of drug-likeness (QED) is 0.545. The maximum absolute atomic E-state index is 13.4. The van der Waals surface area contributed by atoms with Gasteiger partial charge in [-0.3, -0.25) is 4.79 Å². The summed E-state index contributed by atoms with van der Waals surface area (Å²) in [6.45, 7) is 8.74. The van der Waals surface area contributed by atoms with Gasteiger partial charge < -0.3 is 15.5 Å². The highest BCUT2D eigenvalue weighted by Gasteiger charge is 2.37. The van der Waals surface area contributed by atoms with Crippen molar-refractivity contribution < 1.29 is 9.53 Å². The van der Waals surface area contributed by atoms with Crippen LogP contribution in [0.5, 0.6) is 5.75 Å². The third-order valence-corrected chi connectivity index (χ3v) is 6.49. The summed E-state index contributed by atoms with van der Waals surface area (Å²) in [5.41, 5.74) is 7.54. The number of hydrogen-bond donors (Lipinski definition) is 2. The van der Waals surface area contributed by atoms with Crippen LogP contribution in [-0.4, -0.2) is 32.6 Å². The molecule has 1 aliphatic rings. The molecule has 1 amide bonds. The summed E-state index contributed by atoms with van der Waals surface area (Å²) in [5, 5.41) is 12.0. The molecule has 0 bridgehead atoms. The number of nitrogens with one attached hydrogen (secondary N) is 2. The molecule has 0 saturated carbocycles. The number of benzene rings is 2. The highest BCUT2D eigenvalue weighted by Crippen LogP contribution is 2.38. The molecule has 2 N–H and O–H groups in total. The first kappa shape index (κ1) is 22.2. The number of carbonyl (C=O) groups is 1. The van der Waals surface area contributed by atoms with E-state index in [1.54, 1.807) is 0 Å². The Kier molecular flexibility index (Phi) is 6.69. The normalized spacial score (nSPS) is 17.4. The third kappa shape index (κ3) is 4.75. The van der Waals surface area contributed by atoms with Gasteiger partial charge in [0, 0.05) is 12.1 Å². The van der Waals surface area contributed by atoms with E-state index >= 15 is 0 Å². The fourth-order valence-corrected chi connectivity index (χ4v) is 5.03. The molecule has 1 aliphatic heterocycles. The Labute approximate surface area is 192 Å². The molecule has 32 heavy (non-hydrogen) atoms. The maximum Gasteiger partial charge on any atom is 0.240 e. The Hall–Kier alpha value is -3.00. The number of ether oxygens (including phenoxy) is 1. The number of rotatable bonds is 7. The van der Waals surface area contributed by atoms with Crippen molar-refractivity contribution >= 4 is 23.4 Å². The first-order chi connectivity index (χ1) is 15.5. The van der Waals surface area contributed by atoms with Crippen LogP contribution in [0.1, 0.15) is 48.8 Å². The van der Waals surface area contributed by atoms with E-state index in [-0.39, 0.29) is 11.9 Å². The molecular weight excluding hydrogens is 422 g/mol. The van der Waals surface area contributed by atoms with E-state index in [1.165, 1.54) is 11.8 Å². The minimum Gasteiger partial charge on any atom is -0.494 e. The fraction of sp³-hybridized carbons (Fsp3) is 0.375. The van der Waals surface area contributed by atoms with Gasteiger partial charge in [-0.25, -0.2) is 4.68 Å². The first-order valence-electron chi connectivity index (χ1n) is 11.0. The van der Waals surface area contributed by atoms with Gasteiger partial charge in [-0.1, -0.05) is 36.9 Å². The number of thioether (sulfide) groups is 1. The van der Waals surface area contributed by atoms with Gasteiger partial charge in [0.2, 0.25) is 11.1 Å². The minimum absolute atomic E-state index is 0.0716. The largest absolute Gasteiger partial charge is 0.494 e. The van der Waals surface area contributed by atoms with E-state index in [0.29, 0.717) is 11.8 Å². The van der Waals surface area contributed by atoms with Crippen LogP contribution in [0.25, 0.3) is 0 Å². The van der Waals surface area contributed by atoms with Crippen LogP contribution >= 0.6 is 11.8 Å². The Morgan fingerprint density at radius 1 is 1.12 bits per heavy atom. The van der Waals surface area contributed by atoms with E-state index in [1.807, 2.05) is 61.8 Å². The lowest BCUT2D eigenvalue weighted by Gasteiger charge is -2.33. The Morgan fingerprint density at radius 3 is 2.50 bits per heavy atom. The van der Waals surface area contributed by atoms with Gasteiger partial charge in [0.1, 0.15) is 11.0 Å². The number of amides is 1. The topological polar surface area (TPSA) is 81.1 Å². The summed E-state index contributed by atoms with van der Waals surface area (Å²) in [6.07, 6.45) is 1.78. The number of nitrogens with zero attached hydrogens (tertiary/aromatic N) is 3. The zero-order chi connectivity index (χ0) is 22.7. The molecule has 168 valence electrons. The monoisotopic (exact) mass is 451 g/mol. The summed E-state index contributed by atoms with van der Waals surface area (Å²) >= 11 is 1.44. The Bertz CT molecular complexity index is 1080. The summed E-state index contributed by atoms with van der Waals surface area (Å²) in [7, 11) is 0.